The molecule has 1 N–H and O–H groups in total. The fourth-order valence-corrected chi connectivity index (χ4v) is 5.50. The van der Waals surface area contributed by atoms with Crippen LogP contribution in [0.5, 0.6) is 11.5 Å². The summed E-state index contributed by atoms with van der Waals surface area (Å²) in [7, 11) is 3.36. The molecule has 1 aliphatic carbocycles. The van der Waals surface area contributed by atoms with E-state index < -0.39 is 11.4 Å². The van der Waals surface area contributed by atoms with E-state index in [0.29, 0.717) is 19.0 Å². The van der Waals surface area contributed by atoms with Gasteiger partial charge in [-0.25, -0.2) is 4.98 Å². The first-order chi connectivity index (χ1) is 18.3. The average Bonchev–Trinajstić information content (AvgIpc) is 2.89. The molecule has 4 rings (SSSR count). The van der Waals surface area contributed by atoms with Crippen molar-refractivity contribution in [2.75, 3.05) is 19.1 Å². The lowest BCUT2D eigenvalue weighted by molar-refractivity contribution is 0.270. The molecule has 1 heterocycles. The van der Waals surface area contributed by atoms with Gasteiger partial charge in [0.15, 0.2) is 0 Å². The molecule has 0 saturated heterocycles. The summed E-state index contributed by atoms with van der Waals surface area (Å²) < 4.78 is 27.1. The van der Waals surface area contributed by atoms with Crippen molar-refractivity contribution in [3.8, 4) is 11.5 Å². The van der Waals surface area contributed by atoms with E-state index in [2.05, 4.69) is 40.0 Å². The largest absolute Gasteiger partial charge is 0.598 e. The maximum Gasteiger partial charge on any atom is 0.136 e. The average molecular weight is 536 g/mol. The van der Waals surface area contributed by atoms with Crippen LogP contribution in [0.25, 0.3) is 0 Å². The number of methoxy groups -OCH3 is 2. The fraction of sp³-hybridized carbons (Fsp3) is 0.452. The van der Waals surface area contributed by atoms with Crippen molar-refractivity contribution in [3.05, 3.63) is 83.6 Å². The third-order valence-corrected chi connectivity index (χ3v) is 8.77. The molecular weight excluding hydrogens is 494 g/mol. The van der Waals surface area contributed by atoms with Gasteiger partial charge in [0.1, 0.15) is 22.1 Å². The summed E-state index contributed by atoms with van der Waals surface area (Å²) in [6.45, 7) is 7.40. The smallest absolute Gasteiger partial charge is 0.136 e. The van der Waals surface area contributed by atoms with Crippen LogP contribution in [0.2, 0.25) is 0 Å². The molecular formula is C31H41N3O3S. The molecule has 0 amide bonds. The van der Waals surface area contributed by atoms with Gasteiger partial charge in [-0.1, -0.05) is 49.6 Å². The lowest BCUT2D eigenvalue weighted by Gasteiger charge is -2.35. The Balaban J connectivity index is 1.70. The van der Waals surface area contributed by atoms with Crippen molar-refractivity contribution >= 4 is 17.2 Å². The van der Waals surface area contributed by atoms with Gasteiger partial charge in [-0.2, -0.15) is 0 Å². The number of ether oxygens (including phenoxy) is 2. The van der Waals surface area contributed by atoms with Gasteiger partial charge in [-0.05, 0) is 74.6 Å². The number of anilines is 1. The number of benzene rings is 2. The number of nitrogens with zero attached hydrogens (tertiary/aromatic N) is 2. The summed E-state index contributed by atoms with van der Waals surface area (Å²) in [5.41, 5.74) is 3.43. The van der Waals surface area contributed by atoms with Crippen molar-refractivity contribution in [2.24, 2.45) is 5.92 Å². The quantitative estimate of drug-likeness (QED) is 0.264. The monoisotopic (exact) mass is 535 g/mol. The van der Waals surface area contributed by atoms with E-state index in [1.807, 2.05) is 57.3 Å². The van der Waals surface area contributed by atoms with E-state index in [0.717, 1.165) is 40.4 Å². The predicted octanol–water partition coefficient (Wildman–Crippen LogP) is 6.59. The van der Waals surface area contributed by atoms with Crippen molar-refractivity contribution in [2.45, 2.75) is 70.3 Å². The van der Waals surface area contributed by atoms with Gasteiger partial charge in [-0.15, -0.1) is 4.72 Å². The molecule has 1 unspecified atom stereocenters. The Hall–Kier alpha value is -2.74. The number of hydrogen-bond donors (Lipinski definition) is 1. The van der Waals surface area contributed by atoms with E-state index in [1.165, 1.54) is 19.3 Å². The van der Waals surface area contributed by atoms with Gasteiger partial charge in [0.2, 0.25) is 0 Å². The molecule has 2 aromatic carbocycles. The molecule has 204 valence electrons. The Morgan fingerprint density at radius 2 is 1.50 bits per heavy atom. The molecule has 0 bridgehead atoms. The van der Waals surface area contributed by atoms with Crippen molar-refractivity contribution in [1.29, 1.82) is 0 Å². The SMILES string of the molecule is COc1ccc(CN(Cc2ccc(OC)cc2)c2ncccc2[C@@H](CC2CCC2)N[S+]([O-])C(C)(C)C)cc1. The summed E-state index contributed by atoms with van der Waals surface area (Å²) in [6, 6.07) is 20.5. The second-order valence-electron chi connectivity index (χ2n) is 11.1. The molecule has 0 radical (unpaired) electrons. The second-order valence-corrected chi connectivity index (χ2v) is 13.1. The highest BCUT2D eigenvalue weighted by Crippen LogP contribution is 2.38. The summed E-state index contributed by atoms with van der Waals surface area (Å²) >= 11 is -1.19. The summed E-state index contributed by atoms with van der Waals surface area (Å²) in [5.74, 6) is 3.24. The topological polar surface area (TPSA) is 69.7 Å². The summed E-state index contributed by atoms with van der Waals surface area (Å²) in [5, 5.41) is 0. The molecule has 0 aliphatic heterocycles. The van der Waals surface area contributed by atoms with E-state index in [9.17, 15) is 4.55 Å². The highest BCUT2D eigenvalue weighted by Gasteiger charge is 2.34. The molecule has 38 heavy (non-hydrogen) atoms. The van der Waals surface area contributed by atoms with E-state index in [4.69, 9.17) is 14.5 Å². The van der Waals surface area contributed by atoms with Crippen LogP contribution in [0.15, 0.2) is 66.9 Å². The van der Waals surface area contributed by atoms with Crippen LogP contribution in [0.4, 0.5) is 5.82 Å². The van der Waals surface area contributed by atoms with E-state index in [1.54, 1.807) is 14.2 Å². The van der Waals surface area contributed by atoms with Crippen LogP contribution in [-0.4, -0.2) is 28.5 Å². The summed E-state index contributed by atoms with van der Waals surface area (Å²) in [4.78, 5) is 7.23. The van der Waals surface area contributed by atoms with Crippen LogP contribution < -0.4 is 19.1 Å². The van der Waals surface area contributed by atoms with Crippen LogP contribution >= 0.6 is 0 Å². The molecule has 1 aromatic heterocycles. The van der Waals surface area contributed by atoms with Gasteiger partial charge < -0.3 is 18.9 Å². The number of rotatable bonds is 12. The number of hydrogen-bond acceptors (Lipinski definition) is 6. The minimum atomic E-state index is -1.19. The van der Waals surface area contributed by atoms with Gasteiger partial charge >= 0.3 is 0 Å². The second kappa shape index (κ2) is 12.9. The predicted molar refractivity (Wildman–Crippen MR) is 156 cm³/mol. The van der Waals surface area contributed by atoms with Gasteiger partial charge in [0.05, 0.1) is 20.3 Å². The molecule has 1 aliphatic rings. The zero-order valence-electron chi connectivity index (χ0n) is 23.3. The lowest BCUT2D eigenvalue weighted by Crippen LogP contribution is -2.42. The standard InChI is InChI=1S/C31H41N3O3S/c1-31(2,3)38(35)33-29(20-23-8-6-9-23)28-10-7-19-32-30(28)34(21-24-11-15-26(36-4)16-12-24)22-25-13-17-27(37-5)18-14-25/h7,10-19,23,29,33H,6,8-9,20-22H2,1-5H3/t29-,38?/m1/s1. The van der Waals surface area contributed by atoms with Crippen molar-refractivity contribution in [3.63, 3.8) is 0 Å². The van der Waals surface area contributed by atoms with Gasteiger partial charge in [0, 0.05) is 36.2 Å². The van der Waals surface area contributed by atoms with Gasteiger partial charge in [0.25, 0.3) is 0 Å². The Morgan fingerprint density at radius 1 is 0.947 bits per heavy atom. The van der Waals surface area contributed by atoms with Crippen LogP contribution in [-0.2, 0) is 24.5 Å². The van der Waals surface area contributed by atoms with Crippen LogP contribution in [0.1, 0.15) is 69.2 Å². The number of aromatic nitrogens is 1. The maximum atomic E-state index is 13.3. The van der Waals surface area contributed by atoms with Crippen molar-refractivity contribution < 1.29 is 14.0 Å². The molecule has 0 spiro atoms. The first kappa shape index (κ1) is 28.3. The first-order valence-corrected chi connectivity index (χ1v) is 14.6. The number of nitrogens with one attached hydrogen (secondary N) is 1. The highest BCUT2D eigenvalue weighted by atomic mass is 32.2. The molecule has 1 saturated carbocycles. The minimum Gasteiger partial charge on any atom is -0.598 e. The molecule has 7 heteroatoms. The lowest BCUT2D eigenvalue weighted by atomic mass is 9.80. The third kappa shape index (κ3) is 7.43. The van der Waals surface area contributed by atoms with E-state index in [-0.39, 0.29) is 10.8 Å². The fourth-order valence-electron chi connectivity index (χ4n) is 4.66. The normalized spacial score (nSPS) is 15.4. The van der Waals surface area contributed by atoms with Crippen LogP contribution in [0, 0.1) is 5.92 Å². The Bertz CT molecular complexity index is 1090. The number of pyridine rings is 1. The Labute approximate surface area is 231 Å². The van der Waals surface area contributed by atoms with Gasteiger partial charge in [-0.3, -0.25) is 0 Å². The minimum absolute atomic E-state index is 0.0432. The van der Waals surface area contributed by atoms with Crippen LogP contribution in [0.3, 0.4) is 0 Å². The zero-order valence-corrected chi connectivity index (χ0v) is 24.1. The summed E-state index contributed by atoms with van der Waals surface area (Å²) in [6.07, 6.45) is 6.56. The first-order valence-electron chi connectivity index (χ1n) is 13.4. The molecule has 1 fully saturated rings. The maximum absolute atomic E-state index is 13.3. The molecule has 6 nitrogen and oxygen atoms in total. The Morgan fingerprint density at radius 3 is 1.95 bits per heavy atom. The Kier molecular flexibility index (Phi) is 9.58. The highest BCUT2D eigenvalue weighted by molar-refractivity contribution is 7.90. The molecule has 3 aromatic rings. The third-order valence-electron chi connectivity index (χ3n) is 7.16. The van der Waals surface area contributed by atoms with Crippen molar-refractivity contribution in [1.82, 2.24) is 9.71 Å². The van der Waals surface area contributed by atoms with E-state index >= 15 is 0 Å². The zero-order chi connectivity index (χ0) is 27.1. The molecule has 2 atom stereocenters.